The molecule has 0 heterocycles. The first-order valence-electron chi connectivity index (χ1n) is 22.0. The normalized spacial score (nSPS) is 12.0. The summed E-state index contributed by atoms with van der Waals surface area (Å²) < 4.78 is 0.970. The van der Waals surface area contributed by atoms with Gasteiger partial charge in [0.15, 0.2) is 0 Å². The molecule has 0 radical (unpaired) electrons. The van der Waals surface area contributed by atoms with Crippen molar-refractivity contribution in [3.05, 3.63) is 232 Å². The number of nitrogen functional groups attached to an aromatic ring is 1. The van der Waals surface area contributed by atoms with E-state index >= 15 is 0 Å². The second kappa shape index (κ2) is 18.6. The number of nitrogens with zero attached hydrogens (tertiary/aromatic N) is 2. The van der Waals surface area contributed by atoms with Crippen LogP contribution >= 0.6 is 15.9 Å². The van der Waals surface area contributed by atoms with E-state index in [1.165, 1.54) is 5.56 Å². The summed E-state index contributed by atoms with van der Waals surface area (Å²) in [7, 11) is 0. The standard InChI is InChI=1S/C61H50BrN3/c1-5-18-45-38-55(64(51-19-10-6-11-20-51)52-21-12-7-13-22-52)35-31-43(45)27-28-47-37-48(44-29-33-50(34-30-44)61(2,3)4)41-58(60(47)63)57-40-46-32-36-56(39-49(46)42-59(57)62)65(53-23-14-8-15-24-53)54-25-16-9-17-26-54/h1,6-27,29-42H,28,63H2,2-4H3/b43-27-,45-18-. The molecular formula is C61H50BrN3. The quantitative estimate of drug-likeness (QED) is 0.110. The molecule has 9 aromatic carbocycles. The van der Waals surface area contributed by atoms with Crippen molar-refractivity contribution in [1.82, 2.24) is 0 Å². The molecule has 0 amide bonds. The first kappa shape index (κ1) is 42.7. The van der Waals surface area contributed by atoms with E-state index in [9.17, 15) is 0 Å². The maximum Gasteiger partial charge on any atom is 0.0468 e. The van der Waals surface area contributed by atoms with Crippen LogP contribution in [0.4, 0.5) is 39.8 Å². The van der Waals surface area contributed by atoms with E-state index in [-0.39, 0.29) is 5.41 Å². The van der Waals surface area contributed by atoms with Gasteiger partial charge in [-0.2, -0.15) is 0 Å². The number of hydrogen-bond acceptors (Lipinski definition) is 3. The monoisotopic (exact) mass is 903 g/mol. The van der Waals surface area contributed by atoms with E-state index in [1.807, 2.05) is 18.2 Å². The van der Waals surface area contributed by atoms with Crippen LogP contribution in [0, 0.1) is 12.3 Å². The van der Waals surface area contributed by atoms with Crippen molar-refractivity contribution < 1.29 is 0 Å². The van der Waals surface area contributed by atoms with E-state index in [4.69, 9.17) is 12.2 Å². The molecule has 0 saturated carbocycles. The van der Waals surface area contributed by atoms with Crippen LogP contribution in [0.1, 0.15) is 31.9 Å². The minimum Gasteiger partial charge on any atom is -0.398 e. The predicted molar refractivity (Wildman–Crippen MR) is 282 cm³/mol. The topological polar surface area (TPSA) is 32.5 Å². The molecule has 0 aliphatic rings. The van der Waals surface area contributed by atoms with Crippen molar-refractivity contribution in [3.63, 3.8) is 0 Å². The van der Waals surface area contributed by atoms with E-state index in [0.29, 0.717) is 6.42 Å². The van der Waals surface area contributed by atoms with Crippen LogP contribution in [0.5, 0.6) is 0 Å². The molecule has 0 fully saturated rings. The van der Waals surface area contributed by atoms with Crippen LogP contribution in [0.2, 0.25) is 0 Å². The van der Waals surface area contributed by atoms with E-state index < -0.39 is 0 Å². The highest BCUT2D eigenvalue weighted by atomic mass is 79.9. The van der Waals surface area contributed by atoms with Gasteiger partial charge in [-0.15, -0.1) is 6.42 Å². The molecule has 9 aromatic rings. The summed E-state index contributed by atoms with van der Waals surface area (Å²) >= 11 is 4.03. The summed E-state index contributed by atoms with van der Waals surface area (Å²) in [5.41, 5.74) is 21.1. The van der Waals surface area contributed by atoms with Gasteiger partial charge in [-0.1, -0.05) is 158 Å². The summed E-state index contributed by atoms with van der Waals surface area (Å²) in [6, 6.07) is 72.9. The second-order valence-corrected chi connectivity index (χ2v) is 18.2. The highest BCUT2D eigenvalue weighted by molar-refractivity contribution is 9.10. The fourth-order valence-corrected chi connectivity index (χ4v) is 9.14. The number of hydrogen-bond donors (Lipinski definition) is 1. The molecule has 0 aromatic heterocycles. The van der Waals surface area contributed by atoms with Crippen LogP contribution < -0.4 is 26.0 Å². The van der Waals surface area contributed by atoms with Gasteiger partial charge < -0.3 is 15.5 Å². The van der Waals surface area contributed by atoms with Gasteiger partial charge in [0.25, 0.3) is 0 Å². The van der Waals surface area contributed by atoms with Crippen molar-refractivity contribution >= 4 is 78.7 Å². The molecule has 0 spiro atoms. The Morgan fingerprint density at radius 3 is 1.55 bits per heavy atom. The van der Waals surface area contributed by atoms with Gasteiger partial charge in [0.2, 0.25) is 0 Å². The number of terminal acetylenes is 1. The predicted octanol–water partition coefficient (Wildman–Crippen LogP) is 15.2. The largest absolute Gasteiger partial charge is 0.398 e. The molecule has 0 saturated heterocycles. The Bertz CT molecular complexity index is 3200. The summed E-state index contributed by atoms with van der Waals surface area (Å²) in [6.45, 7) is 6.74. The number of fused-ring (bicyclic) bond motifs is 1. The van der Waals surface area contributed by atoms with Crippen LogP contribution in [-0.4, -0.2) is 0 Å². The minimum atomic E-state index is 0.0435. The lowest BCUT2D eigenvalue weighted by Crippen LogP contribution is -2.26. The van der Waals surface area contributed by atoms with Gasteiger partial charge >= 0.3 is 0 Å². The van der Waals surface area contributed by atoms with Crippen molar-refractivity contribution in [2.45, 2.75) is 32.6 Å². The van der Waals surface area contributed by atoms with E-state index in [0.717, 1.165) is 93.3 Å². The molecule has 0 aliphatic heterocycles. The zero-order chi connectivity index (χ0) is 44.9. The Morgan fingerprint density at radius 1 is 0.508 bits per heavy atom. The summed E-state index contributed by atoms with van der Waals surface area (Å²) in [5.74, 6) is 2.81. The Labute approximate surface area is 391 Å². The molecule has 2 N–H and O–H groups in total. The van der Waals surface area contributed by atoms with Crippen molar-refractivity contribution in [2.75, 3.05) is 15.5 Å². The molecule has 0 unspecified atom stereocenters. The van der Waals surface area contributed by atoms with Crippen LogP contribution in [-0.2, 0) is 11.8 Å². The maximum atomic E-state index is 7.31. The van der Waals surface area contributed by atoms with Gasteiger partial charge in [-0.3, -0.25) is 0 Å². The Balaban J connectivity index is 1.14. The molecule has 316 valence electrons. The number of rotatable bonds is 10. The number of nitrogens with two attached hydrogens (primary N) is 1. The summed E-state index contributed by atoms with van der Waals surface area (Å²) in [4.78, 5) is 4.54. The van der Waals surface area contributed by atoms with E-state index in [1.54, 1.807) is 0 Å². The SMILES string of the molecule is C#C/C=c1/cc(N(c2ccccc2)c2ccccc2)cc/c1=C/Cc1cc(-c2ccc(C(C)(C)C)cc2)cc(-c2cc3ccc(N(c4ccccc4)c4ccccc4)cc3cc2Br)c1N. The maximum absolute atomic E-state index is 7.31. The number of halogens is 1. The zero-order valence-corrected chi connectivity index (χ0v) is 38.5. The van der Waals surface area contributed by atoms with Gasteiger partial charge in [-0.25, -0.2) is 0 Å². The third-order valence-electron chi connectivity index (χ3n) is 12.0. The minimum absolute atomic E-state index is 0.0435. The van der Waals surface area contributed by atoms with Gasteiger partial charge in [-0.05, 0) is 164 Å². The van der Waals surface area contributed by atoms with Crippen molar-refractivity contribution in [1.29, 1.82) is 0 Å². The lowest BCUT2D eigenvalue weighted by Gasteiger charge is -2.26. The van der Waals surface area contributed by atoms with Gasteiger partial charge in [0.05, 0.1) is 0 Å². The molecule has 9 rings (SSSR count). The number of anilines is 7. The third kappa shape index (κ3) is 9.25. The highest BCUT2D eigenvalue weighted by Crippen LogP contribution is 2.42. The van der Waals surface area contributed by atoms with Crippen LogP contribution in [0.15, 0.2) is 211 Å². The molecule has 0 atom stereocenters. The first-order chi connectivity index (χ1) is 31.6. The molecule has 0 bridgehead atoms. The molecular weight excluding hydrogens is 855 g/mol. The fraction of sp³-hybridized carbons (Fsp3) is 0.0820. The Morgan fingerprint density at radius 2 is 1.03 bits per heavy atom. The molecule has 0 aliphatic carbocycles. The molecule has 4 heteroatoms. The lowest BCUT2D eigenvalue weighted by molar-refractivity contribution is 0.590. The van der Waals surface area contributed by atoms with Crippen LogP contribution in [0.25, 0.3) is 45.2 Å². The third-order valence-corrected chi connectivity index (χ3v) is 12.6. The zero-order valence-electron chi connectivity index (χ0n) is 36.9. The summed E-state index contributed by atoms with van der Waals surface area (Å²) in [6.07, 6.45) is 10.7. The Kier molecular flexibility index (Phi) is 12.2. The smallest absolute Gasteiger partial charge is 0.0468 e. The fourth-order valence-electron chi connectivity index (χ4n) is 8.56. The summed E-state index contributed by atoms with van der Waals surface area (Å²) in [5, 5.41) is 4.24. The first-order valence-corrected chi connectivity index (χ1v) is 22.8. The Hall–Kier alpha value is -7.58. The number of para-hydroxylation sites is 4. The van der Waals surface area contributed by atoms with Crippen molar-refractivity contribution in [3.8, 4) is 34.6 Å². The average Bonchev–Trinajstić information content (AvgIpc) is 3.33. The van der Waals surface area contributed by atoms with Crippen molar-refractivity contribution in [2.24, 2.45) is 0 Å². The number of benzene rings is 9. The average molecular weight is 905 g/mol. The second-order valence-electron chi connectivity index (χ2n) is 17.3. The molecule has 3 nitrogen and oxygen atoms in total. The lowest BCUT2D eigenvalue weighted by atomic mass is 9.85. The molecule has 65 heavy (non-hydrogen) atoms. The van der Waals surface area contributed by atoms with Crippen LogP contribution in [0.3, 0.4) is 0 Å². The highest BCUT2D eigenvalue weighted by Gasteiger charge is 2.19. The van der Waals surface area contributed by atoms with Gasteiger partial charge in [0, 0.05) is 49.8 Å². The van der Waals surface area contributed by atoms with E-state index in [2.05, 4.69) is 253 Å². The van der Waals surface area contributed by atoms with Gasteiger partial charge in [0.1, 0.15) is 0 Å².